The predicted molar refractivity (Wildman–Crippen MR) is 63.7 cm³/mol. The van der Waals surface area contributed by atoms with E-state index in [2.05, 4.69) is 20.8 Å². The zero-order chi connectivity index (χ0) is 9.61. The Bertz CT molecular complexity index is 159. The largest absolute Gasteiger partial charge is 0.342 e. The molecule has 0 fully saturated rings. The van der Waals surface area contributed by atoms with Crippen LogP contribution >= 0.6 is 16.8 Å². The first-order chi connectivity index (χ1) is 5.54. The van der Waals surface area contributed by atoms with Gasteiger partial charge < -0.3 is 4.52 Å². The van der Waals surface area contributed by atoms with Crippen LogP contribution in [0, 0.1) is 5.92 Å². The Balaban J connectivity index is 3.88. The highest BCUT2D eigenvalue weighted by Gasteiger charge is 2.15. The highest BCUT2D eigenvalue weighted by atomic mass is 32.9. The van der Waals surface area contributed by atoms with Crippen LogP contribution in [0.25, 0.3) is 0 Å². The Kier molecular flexibility index (Phi) is 6.93. The van der Waals surface area contributed by atoms with Crippen molar-refractivity contribution in [2.75, 3.05) is 18.5 Å². The Morgan fingerprint density at radius 2 is 2.00 bits per heavy atom. The van der Waals surface area contributed by atoms with Gasteiger partial charge in [-0.15, -0.1) is 0 Å². The van der Waals surface area contributed by atoms with Crippen molar-refractivity contribution in [1.82, 2.24) is 0 Å². The molecule has 0 aromatic rings. The second kappa shape index (κ2) is 6.42. The average molecular weight is 226 g/mol. The lowest BCUT2D eigenvalue weighted by molar-refractivity contribution is 0.385. The highest BCUT2D eigenvalue weighted by Crippen LogP contribution is 2.59. The average Bonchev–Trinajstić information content (AvgIpc) is 2.02. The van der Waals surface area contributed by atoms with E-state index in [0.29, 0.717) is 5.92 Å². The molecule has 1 unspecified atom stereocenters. The van der Waals surface area contributed by atoms with Crippen molar-refractivity contribution in [1.29, 1.82) is 0 Å². The van der Waals surface area contributed by atoms with Gasteiger partial charge >= 0.3 is 0 Å². The first kappa shape index (κ1) is 13.0. The third-order valence-electron chi connectivity index (χ3n) is 1.32. The van der Waals surface area contributed by atoms with Gasteiger partial charge in [0.2, 0.25) is 0 Å². The molecule has 0 N–H and O–H groups in total. The van der Waals surface area contributed by atoms with Crippen molar-refractivity contribution in [2.24, 2.45) is 5.92 Å². The van der Waals surface area contributed by atoms with E-state index in [1.54, 1.807) is 0 Å². The molecule has 0 aromatic carbocycles. The van der Waals surface area contributed by atoms with Crippen molar-refractivity contribution in [3.05, 3.63) is 0 Å². The fourth-order valence-electron chi connectivity index (χ4n) is 0.679. The number of hydrogen-bond acceptors (Lipinski definition) is 3. The molecular weight excluding hydrogens is 207 g/mol. The third-order valence-corrected chi connectivity index (χ3v) is 8.71. The van der Waals surface area contributed by atoms with Crippen LogP contribution in [-0.2, 0) is 16.3 Å². The monoisotopic (exact) mass is 226 g/mol. The molecule has 0 radical (unpaired) electrons. The van der Waals surface area contributed by atoms with E-state index in [0.717, 1.165) is 18.5 Å². The van der Waals surface area contributed by atoms with Crippen LogP contribution in [0.4, 0.5) is 0 Å². The minimum Gasteiger partial charge on any atom is -0.342 e. The molecule has 0 saturated carbocycles. The Morgan fingerprint density at radius 1 is 1.42 bits per heavy atom. The van der Waals surface area contributed by atoms with E-state index >= 15 is 0 Å². The summed E-state index contributed by atoms with van der Waals surface area (Å²) in [5, 5.41) is 0. The van der Waals surface area contributed by atoms with Crippen LogP contribution in [0.15, 0.2) is 0 Å². The smallest absolute Gasteiger partial charge is 0.119 e. The van der Waals surface area contributed by atoms with Gasteiger partial charge in [0, 0.05) is 18.5 Å². The summed E-state index contributed by atoms with van der Waals surface area (Å²) in [6.45, 7) is 9.34. The minimum atomic E-state index is -1.50. The molecule has 0 aromatic heterocycles. The molecule has 1 nitrogen and oxygen atoms in total. The predicted octanol–water partition coefficient (Wildman–Crippen LogP) is 3.74. The SMILES string of the molecule is CCOP(=S)(CC)SCC(C)C. The highest BCUT2D eigenvalue weighted by molar-refractivity contribution is 8.69. The van der Waals surface area contributed by atoms with Gasteiger partial charge in [-0.05, 0) is 12.8 Å². The topological polar surface area (TPSA) is 9.23 Å². The van der Waals surface area contributed by atoms with E-state index in [4.69, 9.17) is 16.3 Å². The molecule has 0 aliphatic rings. The molecule has 74 valence electrons. The van der Waals surface area contributed by atoms with Crippen LogP contribution in [0.3, 0.4) is 0 Å². The minimum absolute atomic E-state index is 0.712. The van der Waals surface area contributed by atoms with Gasteiger partial charge in [0.15, 0.2) is 0 Å². The Hall–Kier alpha value is 0.960. The molecule has 0 aliphatic carbocycles. The molecule has 12 heavy (non-hydrogen) atoms. The molecule has 0 rings (SSSR count). The van der Waals surface area contributed by atoms with E-state index in [1.807, 2.05) is 18.3 Å². The summed E-state index contributed by atoms with van der Waals surface area (Å²) in [4.78, 5) is 0. The van der Waals surface area contributed by atoms with E-state index in [1.165, 1.54) is 0 Å². The fraction of sp³-hybridized carbons (Fsp3) is 1.00. The van der Waals surface area contributed by atoms with Crippen molar-refractivity contribution in [3.8, 4) is 0 Å². The lowest BCUT2D eigenvalue weighted by Crippen LogP contribution is -1.94. The van der Waals surface area contributed by atoms with Crippen molar-refractivity contribution in [3.63, 3.8) is 0 Å². The van der Waals surface area contributed by atoms with Gasteiger partial charge in [0.05, 0.1) is 0 Å². The first-order valence-corrected chi connectivity index (χ1v) is 8.91. The molecule has 4 heteroatoms. The van der Waals surface area contributed by atoms with E-state index in [-0.39, 0.29) is 0 Å². The first-order valence-electron chi connectivity index (χ1n) is 4.42. The van der Waals surface area contributed by atoms with E-state index in [9.17, 15) is 0 Å². The summed E-state index contributed by atoms with van der Waals surface area (Å²) in [5.74, 6) is 1.84. The van der Waals surface area contributed by atoms with Crippen LogP contribution < -0.4 is 0 Å². The maximum atomic E-state index is 5.62. The fourth-order valence-corrected chi connectivity index (χ4v) is 5.56. The van der Waals surface area contributed by atoms with Gasteiger partial charge in [0.25, 0.3) is 0 Å². The lowest BCUT2D eigenvalue weighted by Gasteiger charge is -2.19. The molecule has 0 amide bonds. The van der Waals surface area contributed by atoms with Crippen LogP contribution in [0.2, 0.25) is 0 Å². The molecule has 1 atom stereocenters. The quantitative estimate of drug-likeness (QED) is 0.638. The maximum Gasteiger partial charge on any atom is 0.119 e. The molecule has 0 heterocycles. The van der Waals surface area contributed by atoms with Gasteiger partial charge in [-0.2, -0.15) is 0 Å². The van der Waals surface area contributed by atoms with Crippen molar-refractivity contribution in [2.45, 2.75) is 27.7 Å². The van der Waals surface area contributed by atoms with Gasteiger partial charge in [-0.3, -0.25) is 0 Å². The van der Waals surface area contributed by atoms with Crippen LogP contribution in [-0.4, -0.2) is 18.5 Å². The lowest BCUT2D eigenvalue weighted by atomic mass is 10.3. The summed E-state index contributed by atoms with van der Waals surface area (Å²) >= 11 is 7.33. The molecule has 0 bridgehead atoms. The second-order valence-corrected chi connectivity index (χ2v) is 10.7. The molecule has 0 saturated heterocycles. The third kappa shape index (κ3) is 5.58. The van der Waals surface area contributed by atoms with E-state index < -0.39 is 5.47 Å². The normalized spacial score (nSPS) is 16.4. The molecule has 0 spiro atoms. The molecule has 0 aliphatic heterocycles. The van der Waals surface area contributed by atoms with Crippen molar-refractivity contribution >= 4 is 28.7 Å². The summed E-state index contributed by atoms with van der Waals surface area (Å²) < 4.78 is 5.62. The van der Waals surface area contributed by atoms with Crippen LogP contribution in [0.5, 0.6) is 0 Å². The zero-order valence-electron chi connectivity index (χ0n) is 8.37. The molecular formula is C8H19OPS2. The number of hydrogen-bond donors (Lipinski definition) is 0. The number of rotatable bonds is 6. The Morgan fingerprint density at radius 3 is 2.33 bits per heavy atom. The maximum absolute atomic E-state index is 5.62. The summed E-state index contributed by atoms with van der Waals surface area (Å²) in [5.41, 5.74) is -1.50. The summed E-state index contributed by atoms with van der Waals surface area (Å²) in [6.07, 6.45) is 1.01. The van der Waals surface area contributed by atoms with Crippen LogP contribution in [0.1, 0.15) is 27.7 Å². The zero-order valence-corrected chi connectivity index (χ0v) is 10.9. The summed E-state index contributed by atoms with van der Waals surface area (Å²) in [6, 6.07) is 0. The van der Waals surface area contributed by atoms with Gasteiger partial charge in [-0.25, -0.2) is 0 Å². The standard InChI is InChI=1S/C8H19OPS2/c1-5-9-10(11,6-2)12-7-8(3)4/h8H,5-7H2,1-4H3. The van der Waals surface area contributed by atoms with Gasteiger partial charge in [-0.1, -0.05) is 44.0 Å². The summed E-state index contributed by atoms with van der Waals surface area (Å²) in [7, 11) is 0. The Labute approximate surface area is 85.5 Å². The van der Waals surface area contributed by atoms with Gasteiger partial charge in [0.1, 0.15) is 5.47 Å². The van der Waals surface area contributed by atoms with Crippen molar-refractivity contribution < 1.29 is 4.52 Å². The second-order valence-electron chi connectivity index (χ2n) is 3.03.